The highest BCUT2D eigenvalue weighted by Gasteiger charge is 2.25. The number of rotatable bonds is 7. The van der Waals surface area contributed by atoms with Gasteiger partial charge in [-0.3, -0.25) is 4.79 Å². The molecule has 3 rings (SSSR count). The van der Waals surface area contributed by atoms with Crippen molar-refractivity contribution in [3.63, 3.8) is 0 Å². The van der Waals surface area contributed by atoms with E-state index in [-0.39, 0.29) is 38.3 Å². The first kappa shape index (κ1) is 18.0. The summed E-state index contributed by atoms with van der Waals surface area (Å²) in [5.41, 5.74) is 0.583. The summed E-state index contributed by atoms with van der Waals surface area (Å²) in [4.78, 5) is 12.1. The molecule has 8 nitrogen and oxygen atoms in total. The smallest absolute Gasteiger partial charge is 0.231 e. The van der Waals surface area contributed by atoms with Crippen molar-refractivity contribution in [2.45, 2.75) is 25.4 Å². The van der Waals surface area contributed by atoms with Crippen molar-refractivity contribution in [1.29, 1.82) is 0 Å². The maximum Gasteiger partial charge on any atom is 0.231 e. The molecule has 1 amide bonds. The number of anilines is 1. The van der Waals surface area contributed by atoms with E-state index in [2.05, 4.69) is 5.32 Å². The molecule has 1 saturated heterocycles. The molecule has 138 valence electrons. The number of hydrogen-bond acceptors (Lipinski definition) is 6. The van der Waals surface area contributed by atoms with Gasteiger partial charge in [-0.2, -0.15) is 4.31 Å². The van der Waals surface area contributed by atoms with Crippen LogP contribution in [0.15, 0.2) is 18.2 Å². The fourth-order valence-electron chi connectivity index (χ4n) is 2.83. The van der Waals surface area contributed by atoms with Gasteiger partial charge in [0.25, 0.3) is 0 Å². The van der Waals surface area contributed by atoms with Crippen LogP contribution in [0.3, 0.4) is 0 Å². The summed E-state index contributed by atoms with van der Waals surface area (Å²) in [6.07, 6.45) is 2.90. The highest BCUT2D eigenvalue weighted by Crippen LogP contribution is 2.34. The first-order valence-corrected chi connectivity index (χ1v) is 10.0. The minimum Gasteiger partial charge on any atom is -0.454 e. The van der Waals surface area contributed by atoms with E-state index < -0.39 is 10.0 Å². The van der Waals surface area contributed by atoms with Crippen LogP contribution in [0.1, 0.15) is 19.3 Å². The molecule has 0 aliphatic carbocycles. The van der Waals surface area contributed by atoms with Gasteiger partial charge < -0.3 is 19.5 Å². The van der Waals surface area contributed by atoms with Crippen LogP contribution in [0.2, 0.25) is 0 Å². The summed E-state index contributed by atoms with van der Waals surface area (Å²) in [5.74, 6) is 0.951. The van der Waals surface area contributed by atoms with Crippen molar-refractivity contribution in [2.75, 3.05) is 38.1 Å². The second-order valence-electron chi connectivity index (χ2n) is 6.12. The molecule has 0 bridgehead atoms. The number of nitrogens with zero attached hydrogens (tertiary/aromatic N) is 1. The van der Waals surface area contributed by atoms with Crippen LogP contribution >= 0.6 is 0 Å². The lowest BCUT2D eigenvalue weighted by atomic mass is 10.2. The fraction of sp³-hybridized carbons (Fsp3) is 0.562. The van der Waals surface area contributed by atoms with Gasteiger partial charge in [0.15, 0.2) is 11.5 Å². The van der Waals surface area contributed by atoms with E-state index in [0.717, 1.165) is 19.1 Å². The zero-order chi connectivity index (χ0) is 17.9. The van der Waals surface area contributed by atoms with Gasteiger partial charge in [-0.15, -0.1) is 0 Å². The normalized spacial score (nSPS) is 19.4. The number of hydrogen-bond donors (Lipinski definition) is 1. The lowest BCUT2D eigenvalue weighted by molar-refractivity contribution is -0.116. The largest absolute Gasteiger partial charge is 0.454 e. The Morgan fingerprint density at radius 3 is 2.84 bits per heavy atom. The minimum absolute atomic E-state index is 0.0637. The Labute approximate surface area is 147 Å². The first-order chi connectivity index (χ1) is 11.9. The van der Waals surface area contributed by atoms with Crippen LogP contribution in [0.25, 0.3) is 0 Å². The maximum atomic E-state index is 12.1. The zero-order valence-corrected chi connectivity index (χ0v) is 14.9. The zero-order valence-electron chi connectivity index (χ0n) is 14.1. The van der Waals surface area contributed by atoms with Gasteiger partial charge in [-0.25, -0.2) is 8.42 Å². The van der Waals surface area contributed by atoms with Crippen molar-refractivity contribution in [1.82, 2.24) is 4.31 Å². The third kappa shape index (κ3) is 4.83. The Morgan fingerprint density at radius 2 is 2.12 bits per heavy atom. The molecule has 1 N–H and O–H groups in total. The van der Waals surface area contributed by atoms with E-state index in [0.29, 0.717) is 23.8 Å². The van der Waals surface area contributed by atoms with Crippen molar-refractivity contribution in [2.24, 2.45) is 0 Å². The van der Waals surface area contributed by atoms with Crippen molar-refractivity contribution >= 4 is 21.6 Å². The summed E-state index contributed by atoms with van der Waals surface area (Å²) < 4.78 is 41.1. The molecule has 1 atom stereocenters. The lowest BCUT2D eigenvalue weighted by Crippen LogP contribution is -2.38. The molecule has 1 unspecified atom stereocenters. The molecule has 0 radical (unpaired) electrons. The third-order valence-corrected chi connectivity index (χ3v) is 5.41. The number of carbonyl (C=O) groups is 1. The highest BCUT2D eigenvalue weighted by atomic mass is 32.2. The Bertz CT molecular complexity index is 730. The van der Waals surface area contributed by atoms with Crippen LogP contribution in [-0.4, -0.2) is 57.5 Å². The molecule has 25 heavy (non-hydrogen) atoms. The number of ether oxygens (including phenoxy) is 3. The van der Waals surface area contributed by atoms with E-state index in [1.807, 2.05) is 0 Å². The molecule has 9 heteroatoms. The fourth-order valence-corrected chi connectivity index (χ4v) is 3.69. The van der Waals surface area contributed by atoms with Gasteiger partial charge in [0.05, 0.1) is 12.4 Å². The predicted octanol–water partition coefficient (Wildman–Crippen LogP) is 1.18. The highest BCUT2D eigenvalue weighted by molar-refractivity contribution is 7.88. The molecule has 1 fully saturated rings. The summed E-state index contributed by atoms with van der Waals surface area (Å²) in [7, 11) is -3.39. The number of amides is 1. The maximum absolute atomic E-state index is 12.1. The van der Waals surface area contributed by atoms with Gasteiger partial charge >= 0.3 is 0 Å². The van der Waals surface area contributed by atoms with Crippen molar-refractivity contribution in [3.05, 3.63) is 18.2 Å². The summed E-state index contributed by atoms with van der Waals surface area (Å²) in [5, 5.41) is 2.74. The number of carbonyl (C=O) groups excluding carboxylic acids is 1. The Kier molecular flexibility index (Phi) is 5.45. The van der Waals surface area contributed by atoms with Crippen LogP contribution in [0, 0.1) is 0 Å². The monoisotopic (exact) mass is 370 g/mol. The Hall–Kier alpha value is -1.84. The predicted molar refractivity (Wildman–Crippen MR) is 91.2 cm³/mol. The van der Waals surface area contributed by atoms with Gasteiger partial charge in [-0.1, -0.05) is 0 Å². The van der Waals surface area contributed by atoms with Crippen LogP contribution < -0.4 is 14.8 Å². The molecule has 2 heterocycles. The van der Waals surface area contributed by atoms with Crippen LogP contribution in [-0.2, 0) is 19.6 Å². The molecule has 2 aliphatic rings. The average molecular weight is 370 g/mol. The minimum atomic E-state index is -3.39. The van der Waals surface area contributed by atoms with Crippen molar-refractivity contribution < 1.29 is 27.4 Å². The van der Waals surface area contributed by atoms with E-state index in [1.54, 1.807) is 18.2 Å². The van der Waals surface area contributed by atoms with E-state index >= 15 is 0 Å². The topological polar surface area (TPSA) is 94.2 Å². The Morgan fingerprint density at radius 1 is 1.32 bits per heavy atom. The summed E-state index contributed by atoms with van der Waals surface area (Å²) >= 11 is 0. The van der Waals surface area contributed by atoms with E-state index in [9.17, 15) is 13.2 Å². The molecular weight excluding hydrogens is 348 g/mol. The molecular formula is C16H22N2O6S. The second-order valence-corrected chi connectivity index (χ2v) is 8.10. The van der Waals surface area contributed by atoms with E-state index in [1.165, 1.54) is 4.31 Å². The molecule has 1 aromatic rings. The molecule has 0 spiro atoms. The SMILES string of the molecule is CS(=O)(=O)N(CCC(=O)Nc1ccc2c(c1)OCO2)CC1CCCO1. The molecule has 2 aliphatic heterocycles. The quantitative estimate of drug-likeness (QED) is 0.775. The van der Waals surface area contributed by atoms with Crippen LogP contribution in [0.4, 0.5) is 5.69 Å². The van der Waals surface area contributed by atoms with Gasteiger partial charge in [0, 0.05) is 37.9 Å². The van der Waals surface area contributed by atoms with Crippen LogP contribution in [0.5, 0.6) is 11.5 Å². The Balaban J connectivity index is 1.54. The number of fused-ring (bicyclic) bond motifs is 1. The number of nitrogens with one attached hydrogen (secondary N) is 1. The van der Waals surface area contributed by atoms with E-state index in [4.69, 9.17) is 14.2 Å². The van der Waals surface area contributed by atoms with Crippen molar-refractivity contribution in [3.8, 4) is 11.5 Å². The number of sulfonamides is 1. The first-order valence-electron chi connectivity index (χ1n) is 8.18. The molecule has 0 aromatic heterocycles. The van der Waals surface area contributed by atoms with Gasteiger partial charge in [0.1, 0.15) is 0 Å². The second kappa shape index (κ2) is 7.59. The number of benzene rings is 1. The average Bonchev–Trinajstić information content (AvgIpc) is 3.21. The third-order valence-electron chi connectivity index (χ3n) is 4.14. The molecule has 1 aromatic carbocycles. The van der Waals surface area contributed by atoms with Gasteiger partial charge in [0.2, 0.25) is 22.7 Å². The summed E-state index contributed by atoms with van der Waals surface area (Å²) in [6.45, 7) is 1.23. The summed E-state index contributed by atoms with van der Waals surface area (Å²) in [6, 6.07) is 5.12. The van der Waals surface area contributed by atoms with Gasteiger partial charge in [-0.05, 0) is 25.0 Å². The lowest BCUT2D eigenvalue weighted by Gasteiger charge is -2.22. The molecule has 0 saturated carbocycles. The standard InChI is InChI=1S/C16H22N2O6S/c1-25(20,21)18(10-13-3-2-8-22-13)7-6-16(19)17-12-4-5-14-15(9-12)24-11-23-14/h4-5,9,13H,2-3,6-8,10-11H2,1H3,(H,17,19).